The lowest BCUT2D eigenvalue weighted by Crippen LogP contribution is -2.50. The number of halogens is 4. The van der Waals surface area contributed by atoms with Crippen molar-refractivity contribution in [2.45, 2.75) is 25.1 Å². The van der Waals surface area contributed by atoms with E-state index >= 15 is 0 Å². The molecule has 1 aromatic heterocycles. The summed E-state index contributed by atoms with van der Waals surface area (Å²) in [4.78, 5) is 17.8. The van der Waals surface area contributed by atoms with E-state index in [0.717, 1.165) is 23.3 Å². The van der Waals surface area contributed by atoms with E-state index in [9.17, 15) is 18.0 Å². The molecule has 0 fully saturated rings. The second-order valence-electron chi connectivity index (χ2n) is 8.46. The summed E-state index contributed by atoms with van der Waals surface area (Å²) in [6, 6.07) is 24.0. The van der Waals surface area contributed by atoms with Crippen molar-refractivity contribution in [1.82, 2.24) is 10.3 Å². The van der Waals surface area contributed by atoms with Crippen molar-refractivity contribution in [3.05, 3.63) is 130 Å². The van der Waals surface area contributed by atoms with Crippen LogP contribution in [0.5, 0.6) is 0 Å². The Labute approximate surface area is 212 Å². The number of hydrogen-bond donors (Lipinski definition) is 2. The number of aromatic nitrogens is 1. The van der Waals surface area contributed by atoms with Crippen LogP contribution in [0.15, 0.2) is 97.2 Å². The lowest BCUT2D eigenvalue weighted by Gasteiger charge is -2.36. The van der Waals surface area contributed by atoms with E-state index in [0.29, 0.717) is 16.4 Å². The van der Waals surface area contributed by atoms with E-state index in [-0.39, 0.29) is 12.0 Å². The first-order valence-corrected chi connectivity index (χ1v) is 11.5. The molecule has 4 nitrogen and oxygen atoms in total. The topological polar surface area (TPSA) is 54.0 Å². The number of nitrogens with zero attached hydrogens (tertiary/aromatic N) is 1. The predicted molar refractivity (Wildman–Crippen MR) is 135 cm³/mol. The van der Waals surface area contributed by atoms with Crippen LogP contribution in [-0.2, 0) is 18.1 Å². The van der Waals surface area contributed by atoms with Crippen LogP contribution in [0.4, 0.5) is 23.7 Å². The maximum Gasteiger partial charge on any atom is 0.416 e. The van der Waals surface area contributed by atoms with Gasteiger partial charge in [-0.25, -0.2) is 4.79 Å². The second-order valence-corrected chi connectivity index (χ2v) is 8.89. The Hall–Kier alpha value is -3.84. The molecule has 0 aliphatic carbocycles. The van der Waals surface area contributed by atoms with Gasteiger partial charge in [-0.3, -0.25) is 4.98 Å². The smallest absolute Gasteiger partial charge is 0.322 e. The van der Waals surface area contributed by atoms with Crippen LogP contribution in [-0.4, -0.2) is 11.0 Å². The highest BCUT2D eigenvalue weighted by molar-refractivity contribution is 6.30. The van der Waals surface area contributed by atoms with Gasteiger partial charge < -0.3 is 10.6 Å². The van der Waals surface area contributed by atoms with Crippen molar-refractivity contribution in [2.24, 2.45) is 0 Å². The van der Waals surface area contributed by atoms with Crippen molar-refractivity contribution < 1.29 is 18.0 Å². The monoisotopic (exact) mass is 509 g/mol. The van der Waals surface area contributed by atoms with Crippen molar-refractivity contribution in [3.63, 3.8) is 0 Å². The standard InChI is InChI=1S/C28H23ClF3N3O/c1-19-7-5-12-24(15-19)34-26(36)35-27(17-20-8-3-2-4-9-20,25-14-13-23(29)18-33-25)21-10-6-11-22(16-21)28(30,31)32/h2-16,18H,17H2,1H3,(H2,34,35,36). The Morgan fingerprint density at radius 3 is 2.28 bits per heavy atom. The summed E-state index contributed by atoms with van der Waals surface area (Å²) in [5.41, 5.74) is 0.593. The highest BCUT2D eigenvalue weighted by Crippen LogP contribution is 2.37. The van der Waals surface area contributed by atoms with Gasteiger partial charge in [-0.15, -0.1) is 0 Å². The van der Waals surface area contributed by atoms with E-state index in [1.54, 1.807) is 36.4 Å². The van der Waals surface area contributed by atoms with Gasteiger partial charge in [-0.2, -0.15) is 13.2 Å². The fourth-order valence-corrected chi connectivity index (χ4v) is 4.20. The molecule has 0 aliphatic rings. The first kappa shape index (κ1) is 25.3. The maximum absolute atomic E-state index is 13.7. The average Bonchev–Trinajstić information content (AvgIpc) is 2.84. The molecule has 3 aromatic carbocycles. The summed E-state index contributed by atoms with van der Waals surface area (Å²) in [7, 11) is 0. The third-order valence-corrected chi connectivity index (χ3v) is 5.99. The molecular weight excluding hydrogens is 487 g/mol. The van der Waals surface area contributed by atoms with Crippen LogP contribution < -0.4 is 10.6 Å². The number of anilines is 1. The number of nitrogens with one attached hydrogen (secondary N) is 2. The number of rotatable bonds is 6. The minimum absolute atomic E-state index is 0.144. The fourth-order valence-electron chi connectivity index (χ4n) is 4.09. The van der Waals surface area contributed by atoms with Gasteiger partial charge in [0.1, 0.15) is 5.54 Å². The Morgan fingerprint density at radius 2 is 1.61 bits per heavy atom. The molecule has 184 valence electrons. The summed E-state index contributed by atoms with van der Waals surface area (Å²) in [5, 5.41) is 6.11. The minimum atomic E-state index is -4.56. The van der Waals surface area contributed by atoms with E-state index in [4.69, 9.17) is 11.6 Å². The van der Waals surface area contributed by atoms with Crippen LogP contribution in [0.1, 0.15) is 27.9 Å². The zero-order valence-electron chi connectivity index (χ0n) is 19.3. The highest BCUT2D eigenvalue weighted by atomic mass is 35.5. The van der Waals surface area contributed by atoms with Crippen LogP contribution in [0.2, 0.25) is 5.02 Å². The fraction of sp³-hybridized carbons (Fsp3) is 0.143. The van der Waals surface area contributed by atoms with E-state index in [1.807, 2.05) is 43.3 Å². The molecule has 2 N–H and O–H groups in total. The molecule has 0 aliphatic heterocycles. The molecule has 2 amide bonds. The molecule has 0 saturated carbocycles. The predicted octanol–water partition coefficient (Wildman–Crippen LogP) is 7.37. The number of amides is 2. The van der Waals surface area contributed by atoms with Crippen LogP contribution in [0.25, 0.3) is 0 Å². The third kappa shape index (κ3) is 5.86. The van der Waals surface area contributed by atoms with Crippen LogP contribution >= 0.6 is 11.6 Å². The molecule has 1 heterocycles. The summed E-state index contributed by atoms with van der Waals surface area (Å²) < 4.78 is 41.1. The van der Waals surface area contributed by atoms with Crippen LogP contribution in [0.3, 0.4) is 0 Å². The highest BCUT2D eigenvalue weighted by Gasteiger charge is 2.40. The molecule has 8 heteroatoms. The van der Waals surface area contributed by atoms with Gasteiger partial charge in [0.15, 0.2) is 0 Å². The molecule has 0 radical (unpaired) electrons. The maximum atomic E-state index is 13.7. The molecule has 1 atom stereocenters. The zero-order chi connectivity index (χ0) is 25.8. The van der Waals surface area contributed by atoms with Gasteiger partial charge in [-0.05, 0) is 60.0 Å². The molecule has 0 saturated heterocycles. The summed E-state index contributed by atoms with van der Waals surface area (Å²) in [5.74, 6) is 0. The molecule has 36 heavy (non-hydrogen) atoms. The van der Waals surface area contributed by atoms with Crippen LogP contribution in [0, 0.1) is 6.92 Å². The van der Waals surface area contributed by atoms with Crippen molar-refractivity contribution in [1.29, 1.82) is 0 Å². The van der Waals surface area contributed by atoms with Gasteiger partial charge in [0.05, 0.1) is 16.3 Å². The Morgan fingerprint density at radius 1 is 0.889 bits per heavy atom. The molecule has 4 aromatic rings. The van der Waals surface area contributed by atoms with Crippen molar-refractivity contribution in [2.75, 3.05) is 5.32 Å². The summed E-state index contributed by atoms with van der Waals surface area (Å²) >= 11 is 6.07. The summed E-state index contributed by atoms with van der Waals surface area (Å²) in [6.07, 6.45) is -3.01. The number of pyridine rings is 1. The van der Waals surface area contributed by atoms with Gasteiger partial charge in [-0.1, -0.05) is 66.2 Å². The number of carbonyl (C=O) groups excluding carboxylic acids is 1. The first-order chi connectivity index (χ1) is 17.2. The van der Waals surface area contributed by atoms with Gasteiger partial charge in [0, 0.05) is 18.3 Å². The number of hydrogen-bond acceptors (Lipinski definition) is 2. The molecule has 0 spiro atoms. The van der Waals surface area contributed by atoms with Gasteiger partial charge in [0.2, 0.25) is 0 Å². The largest absolute Gasteiger partial charge is 0.416 e. The third-order valence-electron chi connectivity index (χ3n) is 5.76. The number of urea groups is 1. The number of benzene rings is 3. The van der Waals surface area contributed by atoms with E-state index in [2.05, 4.69) is 15.6 Å². The van der Waals surface area contributed by atoms with E-state index < -0.39 is 23.3 Å². The molecule has 4 rings (SSSR count). The SMILES string of the molecule is Cc1cccc(NC(=O)NC(Cc2ccccc2)(c2cccc(C(F)(F)F)c2)c2ccc(Cl)cn2)c1. The van der Waals surface area contributed by atoms with Crippen molar-refractivity contribution >= 4 is 23.3 Å². The number of alkyl halides is 3. The first-order valence-electron chi connectivity index (χ1n) is 11.2. The normalized spacial score (nSPS) is 13.0. The van der Waals surface area contributed by atoms with Gasteiger partial charge >= 0.3 is 12.2 Å². The molecule has 1 unspecified atom stereocenters. The minimum Gasteiger partial charge on any atom is -0.322 e. The van der Waals surface area contributed by atoms with Crippen molar-refractivity contribution in [3.8, 4) is 0 Å². The Kier molecular flexibility index (Phi) is 7.31. The Bertz CT molecular complexity index is 1340. The summed E-state index contributed by atoms with van der Waals surface area (Å²) in [6.45, 7) is 1.89. The lowest BCUT2D eigenvalue weighted by atomic mass is 9.80. The average molecular weight is 510 g/mol. The quantitative estimate of drug-likeness (QED) is 0.285. The Balaban J connectivity index is 1.87. The molecular formula is C28H23ClF3N3O. The zero-order valence-corrected chi connectivity index (χ0v) is 20.1. The second kappa shape index (κ2) is 10.4. The lowest BCUT2D eigenvalue weighted by molar-refractivity contribution is -0.137. The van der Waals surface area contributed by atoms with E-state index in [1.165, 1.54) is 12.3 Å². The number of aryl methyl sites for hydroxylation is 1. The molecule has 0 bridgehead atoms. The number of carbonyl (C=O) groups is 1. The van der Waals surface area contributed by atoms with Gasteiger partial charge in [0.25, 0.3) is 0 Å².